The molecule has 1 atom stereocenters. The molecule has 33 heavy (non-hydrogen) atoms. The van der Waals surface area contributed by atoms with Crippen LogP contribution in [0.2, 0.25) is 0 Å². The fourth-order valence-corrected chi connectivity index (χ4v) is 8.99. The van der Waals surface area contributed by atoms with E-state index in [2.05, 4.69) is 15.6 Å². The first-order chi connectivity index (χ1) is 15.7. The van der Waals surface area contributed by atoms with Crippen LogP contribution in [-0.4, -0.2) is 70.2 Å². The van der Waals surface area contributed by atoms with Gasteiger partial charge in [-0.05, 0) is 0 Å². The molecule has 1 aliphatic rings. The van der Waals surface area contributed by atoms with Gasteiger partial charge < -0.3 is 9.15 Å². The summed E-state index contributed by atoms with van der Waals surface area (Å²) < 4.78 is 17.0. The van der Waals surface area contributed by atoms with Crippen molar-refractivity contribution in [2.45, 2.75) is 36.1 Å². The van der Waals surface area contributed by atoms with Crippen molar-refractivity contribution >= 4 is 42.7 Å². The molecule has 0 fully saturated rings. The van der Waals surface area contributed by atoms with Crippen molar-refractivity contribution < 1.29 is 33.4 Å². The van der Waals surface area contributed by atoms with Crippen molar-refractivity contribution in [3.8, 4) is 17.4 Å². The molecule has 0 spiro atoms. The van der Waals surface area contributed by atoms with Crippen LogP contribution >= 0.6 is 0 Å². The van der Waals surface area contributed by atoms with Gasteiger partial charge in [0.15, 0.2) is 5.76 Å². The number of carbonyl (C=O) groups excluding carboxylic acids is 2. The van der Waals surface area contributed by atoms with E-state index in [9.17, 15) is 19.5 Å². The number of carboxylic acid groups (broad SMARTS) is 1. The molecule has 2 aromatic rings. The van der Waals surface area contributed by atoms with Gasteiger partial charge in [-0.25, -0.2) is 0 Å². The molecule has 1 unspecified atom stereocenters. The topological polar surface area (TPSA) is 140 Å². The van der Waals surface area contributed by atoms with Crippen molar-refractivity contribution in [2.24, 2.45) is 0 Å². The average molecular weight is 559 g/mol. The SMILES string of the molecule is COc1ncc(-c2cccc(NC(=O)C(=O)NC(C)(C)CCO[CH]3CC=[CH][In]3[C](=O)O)c2)o1. The predicted molar refractivity (Wildman–Crippen MR) is 121 cm³/mol. The van der Waals surface area contributed by atoms with Gasteiger partial charge in [-0.2, -0.15) is 4.98 Å². The second-order valence-electron chi connectivity index (χ2n) is 8.25. The van der Waals surface area contributed by atoms with E-state index in [1.165, 1.54) is 13.3 Å². The molecule has 1 aliphatic heterocycles. The maximum Gasteiger partial charge on any atom is -0.409 e. The Morgan fingerprint density at radius 2 is 2.09 bits per heavy atom. The summed E-state index contributed by atoms with van der Waals surface area (Å²) in [5.74, 6) is -1.13. The van der Waals surface area contributed by atoms with Crippen LogP contribution in [0.15, 0.2) is 44.8 Å². The maximum absolute atomic E-state index is 12.4. The number of aromatic nitrogens is 1. The quantitative estimate of drug-likeness (QED) is 0.399. The van der Waals surface area contributed by atoms with Gasteiger partial charge in [0.25, 0.3) is 0 Å². The minimum absolute atomic E-state index is 0.122. The second kappa shape index (κ2) is 10.9. The van der Waals surface area contributed by atoms with E-state index >= 15 is 0 Å². The fraction of sp³-hybridized carbons (Fsp3) is 0.364. The Balaban J connectivity index is 1.51. The van der Waals surface area contributed by atoms with Gasteiger partial charge in [-0.15, -0.1) is 0 Å². The zero-order chi connectivity index (χ0) is 24.0. The normalized spacial score (nSPS) is 15.4. The summed E-state index contributed by atoms with van der Waals surface area (Å²) in [5, 5.41) is 14.6. The molecule has 3 rings (SSSR count). The Morgan fingerprint density at radius 3 is 2.79 bits per heavy atom. The van der Waals surface area contributed by atoms with Crippen LogP contribution in [0.3, 0.4) is 0 Å². The molecule has 0 radical (unpaired) electrons. The average Bonchev–Trinajstić information content (AvgIpc) is 3.43. The van der Waals surface area contributed by atoms with Crippen LogP contribution in [0, 0.1) is 0 Å². The summed E-state index contributed by atoms with van der Waals surface area (Å²) >= 11 is -2.87. The van der Waals surface area contributed by atoms with Crippen LogP contribution in [0.1, 0.15) is 26.7 Å². The Bertz CT molecular complexity index is 1050. The van der Waals surface area contributed by atoms with Crippen molar-refractivity contribution in [3.63, 3.8) is 0 Å². The number of benzene rings is 1. The summed E-state index contributed by atoms with van der Waals surface area (Å²) in [6.07, 6.45) is 4.56. The third-order valence-electron chi connectivity index (χ3n) is 5.18. The molecule has 1 aromatic carbocycles. The van der Waals surface area contributed by atoms with Gasteiger partial charge in [0.05, 0.1) is 13.3 Å². The first-order valence-corrected chi connectivity index (χ1v) is 15.9. The number of oxazole rings is 1. The summed E-state index contributed by atoms with van der Waals surface area (Å²) in [6.45, 7) is 3.86. The summed E-state index contributed by atoms with van der Waals surface area (Å²) in [6, 6.07) is 6.80. The molecule has 0 saturated carbocycles. The van der Waals surface area contributed by atoms with Gasteiger partial charge in [-0.1, -0.05) is 6.07 Å². The Morgan fingerprint density at radius 1 is 1.30 bits per heavy atom. The molecule has 3 N–H and O–H groups in total. The molecule has 0 saturated heterocycles. The van der Waals surface area contributed by atoms with Gasteiger partial charge in [0.1, 0.15) is 0 Å². The largest absolute Gasteiger partial charge is 0.409 e. The predicted octanol–water partition coefficient (Wildman–Crippen LogP) is 2.75. The van der Waals surface area contributed by atoms with E-state index in [0.717, 1.165) is 0 Å². The third-order valence-corrected chi connectivity index (χ3v) is 12.4. The standard InChI is InChI=1S/C21H25N3O5.CHO2.In/c1-5-6-11-28-12-10-21(2,3)24-19(26)18(25)23-16-9-7-8-15(13-16)17-14-22-20(27-4)29-17;2-1-3;/h1,5,7-9,11,13-14H,6,10,12H2,2-4H3,(H,23,25)(H,24,26);(H,2,3);. The van der Waals surface area contributed by atoms with Crippen molar-refractivity contribution in [2.75, 3.05) is 19.0 Å². The molecule has 2 amide bonds. The molecule has 11 heteroatoms. The zero-order valence-corrected chi connectivity index (χ0v) is 22.0. The number of amides is 2. The van der Waals surface area contributed by atoms with Crippen LogP contribution in [0.5, 0.6) is 6.08 Å². The van der Waals surface area contributed by atoms with Gasteiger partial charge in [0.2, 0.25) is 0 Å². The number of hydrogen-bond donors (Lipinski definition) is 3. The van der Waals surface area contributed by atoms with E-state index in [0.29, 0.717) is 36.5 Å². The van der Waals surface area contributed by atoms with Crippen LogP contribution in [-0.2, 0) is 14.3 Å². The number of nitrogens with zero attached hydrogens (tertiary/aromatic N) is 1. The van der Waals surface area contributed by atoms with Gasteiger partial charge >= 0.3 is 160 Å². The molecule has 174 valence electrons. The zero-order valence-electron chi connectivity index (χ0n) is 18.7. The Hall–Kier alpha value is -2.79. The summed E-state index contributed by atoms with van der Waals surface area (Å²) in [4.78, 5) is 40.1. The van der Waals surface area contributed by atoms with E-state index in [-0.39, 0.29) is 9.94 Å². The molecule has 10 nitrogen and oxygen atoms in total. The Kier molecular flexibility index (Phi) is 8.20. The molecular weight excluding hydrogens is 533 g/mol. The molecule has 0 aliphatic carbocycles. The number of anilines is 1. The fourth-order valence-electron chi connectivity index (χ4n) is 3.36. The first-order valence-electron chi connectivity index (χ1n) is 10.4. The monoisotopic (exact) mass is 559 g/mol. The molecule has 2 heterocycles. The first kappa shape index (κ1) is 24.8. The third kappa shape index (κ3) is 6.84. The van der Waals surface area contributed by atoms with E-state index < -0.39 is 42.5 Å². The molecule has 0 bridgehead atoms. The maximum atomic E-state index is 12.4. The molecule has 1 aromatic heterocycles. The van der Waals surface area contributed by atoms with Crippen LogP contribution in [0.4, 0.5) is 10.5 Å². The number of methoxy groups -OCH3 is 1. The second-order valence-corrected chi connectivity index (χ2v) is 15.9. The smallest absolute Gasteiger partial charge is 0.409 e. The van der Waals surface area contributed by atoms with E-state index in [1.54, 1.807) is 38.1 Å². The van der Waals surface area contributed by atoms with Crippen LogP contribution < -0.4 is 15.4 Å². The number of carbonyl (C=O) groups is 3. The molecular formula is C22H26InN3O7. The van der Waals surface area contributed by atoms with E-state index in [1.807, 2.05) is 9.91 Å². The van der Waals surface area contributed by atoms with Gasteiger partial charge in [0, 0.05) is 0 Å². The van der Waals surface area contributed by atoms with Crippen molar-refractivity contribution in [3.05, 3.63) is 40.4 Å². The minimum Gasteiger partial charge on any atom is -0.409 e. The van der Waals surface area contributed by atoms with Gasteiger partial charge in [-0.3, -0.25) is 0 Å². The van der Waals surface area contributed by atoms with E-state index in [4.69, 9.17) is 13.9 Å². The minimum atomic E-state index is -2.87. The number of rotatable bonds is 9. The summed E-state index contributed by atoms with van der Waals surface area (Å²) in [7, 11) is 1.44. The number of nitrogens with one attached hydrogen (secondary N) is 2. The van der Waals surface area contributed by atoms with Crippen molar-refractivity contribution in [1.82, 2.24) is 10.3 Å². The van der Waals surface area contributed by atoms with Crippen LogP contribution in [0.25, 0.3) is 11.3 Å². The van der Waals surface area contributed by atoms with Crippen molar-refractivity contribution in [1.29, 1.82) is 0 Å². The number of hydrogen-bond acceptors (Lipinski definition) is 7. The Labute approximate surface area is 198 Å². The number of ether oxygens (including phenoxy) is 2. The summed E-state index contributed by atoms with van der Waals surface area (Å²) in [5.41, 5.74) is 0.366.